The van der Waals surface area contributed by atoms with Crippen LogP contribution in [0.4, 0.5) is 4.79 Å². The van der Waals surface area contributed by atoms with Crippen LogP contribution in [0.2, 0.25) is 10.0 Å². The zero-order chi connectivity index (χ0) is 16.1. The number of nitrogens with zero attached hydrogens (tertiary/aromatic N) is 1. The van der Waals surface area contributed by atoms with Crippen LogP contribution in [-0.2, 0) is 11.2 Å². The van der Waals surface area contributed by atoms with Crippen molar-refractivity contribution in [1.29, 1.82) is 0 Å². The third-order valence-electron chi connectivity index (χ3n) is 3.81. The van der Waals surface area contributed by atoms with E-state index in [4.69, 9.17) is 28.9 Å². The lowest BCUT2D eigenvalue weighted by Crippen LogP contribution is -2.47. The first-order valence-corrected chi connectivity index (χ1v) is 7.99. The quantitative estimate of drug-likeness (QED) is 0.880. The molecule has 1 aromatic rings. The maximum absolute atomic E-state index is 12.2. The summed E-state index contributed by atoms with van der Waals surface area (Å²) in [4.78, 5) is 24.8. The van der Waals surface area contributed by atoms with Crippen LogP contribution in [0.25, 0.3) is 0 Å². The second-order valence-electron chi connectivity index (χ2n) is 5.40. The second kappa shape index (κ2) is 7.70. The minimum Gasteiger partial charge on any atom is -0.355 e. The van der Waals surface area contributed by atoms with E-state index < -0.39 is 6.03 Å². The van der Waals surface area contributed by atoms with Crippen LogP contribution >= 0.6 is 23.2 Å². The Bertz CT molecular complexity index is 566. The summed E-state index contributed by atoms with van der Waals surface area (Å²) < 4.78 is 0. The van der Waals surface area contributed by atoms with Crippen LogP contribution in [0, 0.1) is 5.92 Å². The summed E-state index contributed by atoms with van der Waals surface area (Å²) in [5, 5.41) is 4.08. The number of carbonyl (C=O) groups is 2. The molecule has 0 aliphatic carbocycles. The zero-order valence-corrected chi connectivity index (χ0v) is 13.7. The lowest BCUT2D eigenvalue weighted by molar-refractivity contribution is -0.126. The van der Waals surface area contributed by atoms with E-state index in [2.05, 4.69) is 5.32 Å². The van der Waals surface area contributed by atoms with Crippen molar-refractivity contribution in [3.63, 3.8) is 0 Å². The lowest BCUT2D eigenvalue weighted by atomic mass is 9.97. The number of carbonyl (C=O) groups excluding carboxylic acids is 2. The molecular weight excluding hydrogens is 325 g/mol. The maximum atomic E-state index is 12.2. The van der Waals surface area contributed by atoms with Crippen molar-refractivity contribution in [2.45, 2.75) is 19.3 Å². The Morgan fingerprint density at radius 1 is 1.36 bits per heavy atom. The van der Waals surface area contributed by atoms with Gasteiger partial charge in [-0.3, -0.25) is 4.79 Å². The Hall–Kier alpha value is -1.46. The summed E-state index contributed by atoms with van der Waals surface area (Å²) in [6, 6.07) is 4.85. The molecule has 120 valence electrons. The van der Waals surface area contributed by atoms with Crippen LogP contribution in [0.5, 0.6) is 0 Å². The molecule has 3 amide bonds. The van der Waals surface area contributed by atoms with E-state index in [0.29, 0.717) is 36.1 Å². The van der Waals surface area contributed by atoms with Crippen molar-refractivity contribution in [2.24, 2.45) is 11.7 Å². The predicted octanol–water partition coefficient (Wildman–Crippen LogP) is 2.44. The van der Waals surface area contributed by atoms with Gasteiger partial charge in [-0.1, -0.05) is 29.3 Å². The van der Waals surface area contributed by atoms with E-state index in [1.807, 2.05) is 6.07 Å². The number of amides is 3. The average molecular weight is 344 g/mol. The number of likely N-dealkylation sites (tertiary alicyclic amines) is 1. The molecular formula is C15H19Cl2N3O2. The molecule has 1 saturated heterocycles. The molecule has 1 fully saturated rings. The minimum absolute atomic E-state index is 0.0453. The number of urea groups is 1. The van der Waals surface area contributed by atoms with Gasteiger partial charge in [0.2, 0.25) is 5.91 Å². The molecule has 0 spiro atoms. The number of benzene rings is 1. The van der Waals surface area contributed by atoms with Crippen LogP contribution in [0.3, 0.4) is 0 Å². The molecule has 1 heterocycles. The standard InChI is InChI=1S/C15H19Cl2N3O2/c16-12-4-3-10(13(17)8-12)5-6-19-14(21)11-2-1-7-20(9-11)15(18)22/h3-4,8,11H,1-2,5-7,9H2,(H2,18,22)(H,19,21)/t11-/m1/s1. The molecule has 0 aromatic heterocycles. The molecule has 2 rings (SSSR count). The van der Waals surface area contributed by atoms with E-state index in [1.54, 1.807) is 12.1 Å². The predicted molar refractivity (Wildman–Crippen MR) is 87.1 cm³/mol. The van der Waals surface area contributed by atoms with Gasteiger partial charge in [0.1, 0.15) is 0 Å². The molecule has 3 N–H and O–H groups in total. The van der Waals surface area contributed by atoms with Crippen LogP contribution in [0.15, 0.2) is 18.2 Å². The number of primary amides is 1. The summed E-state index contributed by atoms with van der Waals surface area (Å²) in [7, 11) is 0. The third kappa shape index (κ3) is 4.52. The molecule has 7 heteroatoms. The van der Waals surface area contributed by atoms with Gasteiger partial charge in [-0.05, 0) is 37.0 Å². The van der Waals surface area contributed by atoms with Gasteiger partial charge in [-0.25, -0.2) is 4.79 Å². The van der Waals surface area contributed by atoms with Gasteiger partial charge in [-0.2, -0.15) is 0 Å². The van der Waals surface area contributed by atoms with Crippen molar-refractivity contribution in [2.75, 3.05) is 19.6 Å². The van der Waals surface area contributed by atoms with Crippen molar-refractivity contribution in [1.82, 2.24) is 10.2 Å². The molecule has 1 aliphatic rings. The first-order valence-electron chi connectivity index (χ1n) is 7.23. The molecule has 1 aromatic carbocycles. The van der Waals surface area contributed by atoms with Crippen molar-refractivity contribution in [3.8, 4) is 0 Å². The highest BCUT2D eigenvalue weighted by Crippen LogP contribution is 2.21. The second-order valence-corrected chi connectivity index (χ2v) is 6.24. The van der Waals surface area contributed by atoms with E-state index in [1.165, 1.54) is 4.90 Å². The van der Waals surface area contributed by atoms with Crippen LogP contribution in [0.1, 0.15) is 18.4 Å². The molecule has 5 nitrogen and oxygen atoms in total. The Labute approximate surface area is 139 Å². The molecule has 0 bridgehead atoms. The highest BCUT2D eigenvalue weighted by atomic mass is 35.5. The van der Waals surface area contributed by atoms with Gasteiger partial charge in [0, 0.05) is 29.7 Å². The van der Waals surface area contributed by atoms with Crippen molar-refractivity contribution < 1.29 is 9.59 Å². The fourth-order valence-electron chi connectivity index (χ4n) is 2.58. The average Bonchev–Trinajstić information content (AvgIpc) is 2.49. The maximum Gasteiger partial charge on any atom is 0.314 e. The number of hydrogen-bond donors (Lipinski definition) is 2. The van der Waals surface area contributed by atoms with E-state index in [0.717, 1.165) is 18.4 Å². The highest BCUT2D eigenvalue weighted by molar-refractivity contribution is 6.35. The van der Waals surface area contributed by atoms with E-state index >= 15 is 0 Å². The van der Waals surface area contributed by atoms with Gasteiger partial charge in [0.15, 0.2) is 0 Å². The fraction of sp³-hybridized carbons (Fsp3) is 0.467. The summed E-state index contributed by atoms with van der Waals surface area (Å²) in [6.07, 6.45) is 2.20. The van der Waals surface area contributed by atoms with Crippen LogP contribution < -0.4 is 11.1 Å². The van der Waals surface area contributed by atoms with Gasteiger partial charge in [0.05, 0.1) is 5.92 Å². The summed E-state index contributed by atoms with van der Waals surface area (Å²) in [5.74, 6) is -0.238. The summed E-state index contributed by atoms with van der Waals surface area (Å²) in [5.41, 5.74) is 6.20. The number of nitrogens with two attached hydrogens (primary N) is 1. The topological polar surface area (TPSA) is 75.4 Å². The zero-order valence-electron chi connectivity index (χ0n) is 12.1. The van der Waals surface area contributed by atoms with E-state index in [9.17, 15) is 9.59 Å². The molecule has 0 unspecified atom stereocenters. The summed E-state index contributed by atoms with van der Waals surface area (Å²) in [6.45, 7) is 1.51. The number of halogens is 2. The Morgan fingerprint density at radius 3 is 2.82 bits per heavy atom. The summed E-state index contributed by atoms with van der Waals surface area (Å²) >= 11 is 11.9. The number of rotatable bonds is 4. The number of nitrogens with one attached hydrogen (secondary N) is 1. The van der Waals surface area contributed by atoms with Gasteiger partial charge in [0.25, 0.3) is 0 Å². The Morgan fingerprint density at radius 2 is 2.14 bits per heavy atom. The lowest BCUT2D eigenvalue weighted by Gasteiger charge is -2.30. The number of hydrogen-bond acceptors (Lipinski definition) is 2. The van der Waals surface area contributed by atoms with E-state index in [-0.39, 0.29) is 11.8 Å². The molecule has 0 saturated carbocycles. The van der Waals surface area contributed by atoms with Crippen LogP contribution in [-0.4, -0.2) is 36.5 Å². The Kier molecular flexibility index (Phi) is 5.91. The van der Waals surface area contributed by atoms with Gasteiger partial charge >= 0.3 is 6.03 Å². The first-order chi connectivity index (χ1) is 10.5. The minimum atomic E-state index is -0.467. The van der Waals surface area contributed by atoms with Gasteiger partial charge < -0.3 is 16.0 Å². The normalized spacial score (nSPS) is 18.1. The molecule has 1 atom stereocenters. The largest absolute Gasteiger partial charge is 0.355 e. The van der Waals surface area contributed by atoms with Crippen molar-refractivity contribution in [3.05, 3.63) is 33.8 Å². The molecule has 22 heavy (non-hydrogen) atoms. The number of piperidine rings is 1. The first kappa shape index (κ1) is 16.9. The smallest absolute Gasteiger partial charge is 0.314 e. The third-order valence-corrected chi connectivity index (χ3v) is 4.40. The monoisotopic (exact) mass is 343 g/mol. The Balaban J connectivity index is 1.81. The molecule has 0 radical (unpaired) electrons. The molecule has 1 aliphatic heterocycles. The van der Waals surface area contributed by atoms with Gasteiger partial charge in [-0.15, -0.1) is 0 Å². The SMILES string of the molecule is NC(=O)N1CCC[C@@H](C(=O)NCCc2ccc(Cl)cc2Cl)C1. The fourth-order valence-corrected chi connectivity index (χ4v) is 3.08. The van der Waals surface area contributed by atoms with Crippen molar-refractivity contribution >= 4 is 35.1 Å². The highest BCUT2D eigenvalue weighted by Gasteiger charge is 2.27.